The van der Waals surface area contributed by atoms with Gasteiger partial charge in [0.05, 0.1) is 18.6 Å². The zero-order valence-electron chi connectivity index (χ0n) is 19.2. The summed E-state index contributed by atoms with van der Waals surface area (Å²) < 4.78 is 34.9. The summed E-state index contributed by atoms with van der Waals surface area (Å²) >= 11 is 0. The Labute approximate surface area is 197 Å². The van der Waals surface area contributed by atoms with Crippen LogP contribution in [0.3, 0.4) is 0 Å². The Morgan fingerprint density at radius 2 is 1.48 bits per heavy atom. The standard InChI is InChI=1S/C25H33N3O4S/c1-2-32-25(29)23-14-9-15-28(20-23)33(30,31)27-18-16-26(17-19-27)24(21-10-5-3-6-11-21)22-12-7-4-8-13-22/h3-8,10-13,23-24H,2,9,14-20H2,1H3/t23-/m1/s1. The van der Waals surface area contributed by atoms with Crippen molar-refractivity contribution in [2.45, 2.75) is 25.8 Å². The van der Waals surface area contributed by atoms with E-state index in [-0.39, 0.29) is 24.5 Å². The van der Waals surface area contributed by atoms with Gasteiger partial charge in [0.25, 0.3) is 10.2 Å². The van der Waals surface area contributed by atoms with Crippen molar-refractivity contribution < 1.29 is 17.9 Å². The highest BCUT2D eigenvalue weighted by Gasteiger charge is 2.38. The average molecular weight is 472 g/mol. The highest BCUT2D eigenvalue weighted by Crippen LogP contribution is 2.30. The van der Waals surface area contributed by atoms with Crippen molar-refractivity contribution in [2.24, 2.45) is 5.92 Å². The van der Waals surface area contributed by atoms with Crippen LogP contribution in [0.1, 0.15) is 36.9 Å². The van der Waals surface area contributed by atoms with Crippen molar-refractivity contribution in [1.29, 1.82) is 0 Å². The maximum Gasteiger partial charge on any atom is 0.310 e. The molecule has 0 bridgehead atoms. The van der Waals surface area contributed by atoms with E-state index in [1.54, 1.807) is 11.2 Å². The summed E-state index contributed by atoms with van der Waals surface area (Å²) in [6, 6.07) is 20.8. The molecule has 2 heterocycles. The summed E-state index contributed by atoms with van der Waals surface area (Å²) in [6.45, 7) is 4.89. The monoisotopic (exact) mass is 471 g/mol. The molecule has 178 valence electrons. The normalized spacial score (nSPS) is 21.2. The Morgan fingerprint density at radius 1 is 0.909 bits per heavy atom. The third-order valence-electron chi connectivity index (χ3n) is 6.53. The quantitative estimate of drug-likeness (QED) is 0.581. The van der Waals surface area contributed by atoms with Crippen molar-refractivity contribution in [3.05, 3.63) is 71.8 Å². The minimum atomic E-state index is -3.61. The zero-order valence-corrected chi connectivity index (χ0v) is 20.0. The van der Waals surface area contributed by atoms with Gasteiger partial charge in [-0.15, -0.1) is 0 Å². The van der Waals surface area contributed by atoms with E-state index in [1.807, 2.05) is 36.4 Å². The van der Waals surface area contributed by atoms with Crippen LogP contribution in [0.15, 0.2) is 60.7 Å². The lowest BCUT2D eigenvalue weighted by molar-refractivity contribution is -0.149. The van der Waals surface area contributed by atoms with Crippen LogP contribution in [0, 0.1) is 5.92 Å². The van der Waals surface area contributed by atoms with Gasteiger partial charge in [-0.3, -0.25) is 9.69 Å². The van der Waals surface area contributed by atoms with Crippen LogP contribution in [0.2, 0.25) is 0 Å². The molecule has 0 aliphatic carbocycles. The van der Waals surface area contributed by atoms with Crippen molar-refractivity contribution in [1.82, 2.24) is 13.5 Å². The van der Waals surface area contributed by atoms with Crippen LogP contribution in [-0.4, -0.2) is 73.8 Å². The molecule has 1 atom stereocenters. The lowest BCUT2D eigenvalue weighted by Crippen LogP contribution is -2.55. The van der Waals surface area contributed by atoms with Crippen molar-refractivity contribution in [2.75, 3.05) is 45.9 Å². The van der Waals surface area contributed by atoms with E-state index in [0.29, 0.717) is 52.2 Å². The average Bonchev–Trinajstić information content (AvgIpc) is 2.86. The number of hydrogen-bond donors (Lipinski definition) is 0. The molecule has 0 spiro atoms. The summed E-state index contributed by atoms with van der Waals surface area (Å²) in [5.41, 5.74) is 2.40. The first-order chi connectivity index (χ1) is 16.0. The van der Waals surface area contributed by atoms with Gasteiger partial charge in [0.2, 0.25) is 0 Å². The van der Waals surface area contributed by atoms with E-state index < -0.39 is 10.2 Å². The Kier molecular flexibility index (Phi) is 7.80. The van der Waals surface area contributed by atoms with Gasteiger partial charge in [-0.2, -0.15) is 17.0 Å². The lowest BCUT2D eigenvalue weighted by Gasteiger charge is -2.41. The molecule has 8 heteroatoms. The lowest BCUT2D eigenvalue weighted by atomic mass is 9.96. The number of ether oxygens (including phenoxy) is 1. The summed E-state index contributed by atoms with van der Waals surface area (Å²) in [5, 5.41) is 0. The molecular formula is C25H33N3O4S. The maximum atomic E-state index is 13.4. The fourth-order valence-corrected chi connectivity index (χ4v) is 6.52. The van der Waals surface area contributed by atoms with Gasteiger partial charge in [0.1, 0.15) is 0 Å². The highest BCUT2D eigenvalue weighted by molar-refractivity contribution is 7.86. The van der Waals surface area contributed by atoms with E-state index in [9.17, 15) is 13.2 Å². The van der Waals surface area contributed by atoms with Gasteiger partial charge in [0.15, 0.2) is 0 Å². The Morgan fingerprint density at radius 3 is 2.03 bits per heavy atom. The van der Waals surface area contributed by atoms with E-state index in [0.717, 1.165) is 0 Å². The van der Waals surface area contributed by atoms with Gasteiger partial charge in [-0.05, 0) is 30.9 Å². The first-order valence-electron chi connectivity index (χ1n) is 11.8. The maximum absolute atomic E-state index is 13.4. The van der Waals surface area contributed by atoms with Crippen molar-refractivity contribution in [3.63, 3.8) is 0 Å². The second-order valence-electron chi connectivity index (χ2n) is 8.62. The SMILES string of the molecule is CCOC(=O)[C@@H]1CCCN(S(=O)(=O)N2CCN(C(c3ccccc3)c3ccccc3)CC2)C1. The Balaban J connectivity index is 1.45. The second kappa shape index (κ2) is 10.8. The number of nitrogens with zero attached hydrogens (tertiary/aromatic N) is 3. The van der Waals surface area contributed by atoms with Gasteiger partial charge in [-0.25, -0.2) is 0 Å². The number of piperidine rings is 1. The number of benzene rings is 2. The molecule has 2 aliphatic heterocycles. The predicted molar refractivity (Wildman–Crippen MR) is 128 cm³/mol. The molecular weight excluding hydrogens is 438 g/mol. The fraction of sp³-hybridized carbons (Fsp3) is 0.480. The van der Waals surface area contributed by atoms with E-state index in [4.69, 9.17) is 4.74 Å². The summed E-state index contributed by atoms with van der Waals surface area (Å²) in [5.74, 6) is -0.675. The summed E-state index contributed by atoms with van der Waals surface area (Å²) in [4.78, 5) is 14.5. The molecule has 0 N–H and O–H groups in total. The number of hydrogen-bond acceptors (Lipinski definition) is 5. The van der Waals surface area contributed by atoms with E-state index in [1.165, 1.54) is 15.4 Å². The number of carbonyl (C=O) groups is 1. The molecule has 2 aromatic carbocycles. The van der Waals surface area contributed by atoms with Crippen LogP contribution in [0.5, 0.6) is 0 Å². The molecule has 0 saturated carbocycles. The Hall–Kier alpha value is -2.26. The molecule has 0 radical (unpaired) electrons. The van der Waals surface area contributed by atoms with Gasteiger partial charge >= 0.3 is 5.97 Å². The zero-order chi connectivity index (χ0) is 23.3. The topological polar surface area (TPSA) is 70.2 Å². The smallest absolute Gasteiger partial charge is 0.310 e. The summed E-state index contributed by atoms with van der Waals surface area (Å²) in [7, 11) is -3.61. The molecule has 0 unspecified atom stereocenters. The molecule has 2 aliphatic rings. The van der Waals surface area contributed by atoms with Crippen molar-refractivity contribution in [3.8, 4) is 0 Å². The van der Waals surface area contributed by atoms with Gasteiger partial charge in [-0.1, -0.05) is 60.7 Å². The number of rotatable bonds is 7. The minimum absolute atomic E-state index is 0.0837. The molecule has 0 aromatic heterocycles. The van der Waals surface area contributed by atoms with Gasteiger partial charge in [0, 0.05) is 39.3 Å². The molecule has 2 saturated heterocycles. The van der Waals surface area contributed by atoms with Crippen LogP contribution in [-0.2, 0) is 19.7 Å². The first-order valence-corrected chi connectivity index (χ1v) is 13.2. The van der Waals surface area contributed by atoms with Crippen LogP contribution in [0.4, 0.5) is 0 Å². The molecule has 2 fully saturated rings. The summed E-state index contributed by atoms with van der Waals surface area (Å²) in [6.07, 6.45) is 1.35. The van der Waals surface area contributed by atoms with Gasteiger partial charge < -0.3 is 4.74 Å². The third kappa shape index (κ3) is 5.46. The third-order valence-corrected chi connectivity index (χ3v) is 8.53. The van der Waals surface area contributed by atoms with Crippen LogP contribution >= 0.6 is 0 Å². The molecule has 4 rings (SSSR count). The number of esters is 1. The van der Waals surface area contributed by atoms with E-state index >= 15 is 0 Å². The largest absolute Gasteiger partial charge is 0.466 e. The number of piperazine rings is 1. The van der Waals surface area contributed by atoms with E-state index in [2.05, 4.69) is 29.2 Å². The van der Waals surface area contributed by atoms with Crippen LogP contribution < -0.4 is 0 Å². The second-order valence-corrected chi connectivity index (χ2v) is 10.5. The molecule has 0 amide bonds. The minimum Gasteiger partial charge on any atom is -0.466 e. The van der Waals surface area contributed by atoms with Crippen molar-refractivity contribution >= 4 is 16.2 Å². The molecule has 2 aromatic rings. The van der Waals surface area contributed by atoms with Crippen LogP contribution in [0.25, 0.3) is 0 Å². The number of carbonyl (C=O) groups excluding carboxylic acids is 1. The highest BCUT2D eigenvalue weighted by atomic mass is 32.2. The fourth-order valence-electron chi connectivity index (χ4n) is 4.85. The molecule has 33 heavy (non-hydrogen) atoms. The Bertz CT molecular complexity index is 969. The molecule has 7 nitrogen and oxygen atoms in total. The first kappa shape index (κ1) is 23.9. The predicted octanol–water partition coefficient (Wildman–Crippen LogP) is 2.91.